The molecule has 2 bridgehead atoms. The minimum atomic E-state index is -1.04. The van der Waals surface area contributed by atoms with Crippen molar-refractivity contribution >= 4 is 33.4 Å². The summed E-state index contributed by atoms with van der Waals surface area (Å²) in [4.78, 5) is 26.6. The Bertz CT molecular complexity index is 671. The third-order valence-electron chi connectivity index (χ3n) is 4.49. The summed E-state index contributed by atoms with van der Waals surface area (Å²) in [7, 11) is 0. The van der Waals surface area contributed by atoms with Gasteiger partial charge in [0, 0.05) is 4.47 Å². The number of hydrogen-bond donors (Lipinski definition) is 1. The fourth-order valence-corrected chi connectivity index (χ4v) is 3.79. The maximum atomic E-state index is 12.7. The van der Waals surface area contributed by atoms with Gasteiger partial charge < -0.3 is 9.84 Å². The summed E-state index contributed by atoms with van der Waals surface area (Å²) < 4.78 is 6.56. The highest BCUT2D eigenvalue weighted by Crippen LogP contribution is 2.52. The number of nitrogens with zero attached hydrogens (tertiary/aromatic N) is 1. The SMILES string of the molecule is O=C1[C@H]2[C@@H]3C=C[C@@](CO)(O3)[C@@H]2C(=O)N1c1ccc(Br)cc1. The second-order valence-electron chi connectivity index (χ2n) is 5.55. The summed E-state index contributed by atoms with van der Waals surface area (Å²) in [5, 5.41) is 9.62. The van der Waals surface area contributed by atoms with Gasteiger partial charge in [0.2, 0.25) is 11.8 Å². The van der Waals surface area contributed by atoms with Crippen LogP contribution in [0.5, 0.6) is 0 Å². The number of anilines is 1. The van der Waals surface area contributed by atoms with E-state index in [9.17, 15) is 14.7 Å². The van der Waals surface area contributed by atoms with Gasteiger partial charge in [0.25, 0.3) is 0 Å². The van der Waals surface area contributed by atoms with E-state index in [-0.39, 0.29) is 18.4 Å². The molecule has 6 heteroatoms. The summed E-state index contributed by atoms with van der Waals surface area (Å²) >= 11 is 3.33. The third-order valence-corrected chi connectivity index (χ3v) is 5.02. The van der Waals surface area contributed by atoms with Crippen molar-refractivity contribution in [2.24, 2.45) is 11.8 Å². The van der Waals surface area contributed by atoms with Crippen LogP contribution in [0.2, 0.25) is 0 Å². The molecule has 0 aromatic heterocycles. The number of ether oxygens (including phenoxy) is 1. The molecule has 0 radical (unpaired) electrons. The molecule has 4 atom stereocenters. The second-order valence-corrected chi connectivity index (χ2v) is 6.46. The Morgan fingerprint density at radius 3 is 2.62 bits per heavy atom. The maximum Gasteiger partial charge on any atom is 0.241 e. The van der Waals surface area contributed by atoms with Gasteiger partial charge >= 0.3 is 0 Å². The molecule has 2 amide bonds. The van der Waals surface area contributed by atoms with E-state index < -0.39 is 23.5 Å². The number of carbonyl (C=O) groups excluding carboxylic acids is 2. The lowest BCUT2D eigenvalue weighted by atomic mass is 9.77. The topological polar surface area (TPSA) is 66.8 Å². The highest BCUT2D eigenvalue weighted by atomic mass is 79.9. The van der Waals surface area contributed by atoms with Gasteiger partial charge in [-0.15, -0.1) is 0 Å². The molecule has 1 N–H and O–H groups in total. The minimum absolute atomic E-state index is 0.253. The van der Waals surface area contributed by atoms with E-state index >= 15 is 0 Å². The molecular formula is C15H12BrNO4. The van der Waals surface area contributed by atoms with Crippen LogP contribution in [0.15, 0.2) is 40.9 Å². The van der Waals surface area contributed by atoms with Crippen LogP contribution in [0.25, 0.3) is 0 Å². The lowest BCUT2D eigenvalue weighted by Crippen LogP contribution is -2.43. The quantitative estimate of drug-likeness (QED) is 0.644. The first-order chi connectivity index (χ1) is 10.1. The highest BCUT2D eigenvalue weighted by Gasteiger charge is 2.67. The molecule has 0 spiro atoms. The Morgan fingerprint density at radius 1 is 1.24 bits per heavy atom. The Kier molecular flexibility index (Phi) is 2.67. The van der Waals surface area contributed by atoms with Crippen molar-refractivity contribution in [1.82, 2.24) is 0 Å². The Labute approximate surface area is 129 Å². The van der Waals surface area contributed by atoms with E-state index in [0.29, 0.717) is 5.69 Å². The zero-order chi connectivity index (χ0) is 14.8. The van der Waals surface area contributed by atoms with Gasteiger partial charge in [0.15, 0.2) is 0 Å². The van der Waals surface area contributed by atoms with Gasteiger partial charge in [-0.2, -0.15) is 0 Å². The zero-order valence-corrected chi connectivity index (χ0v) is 12.5. The largest absolute Gasteiger partial charge is 0.393 e. The number of hydrogen-bond acceptors (Lipinski definition) is 4. The van der Waals surface area contributed by atoms with Crippen LogP contribution in [0.4, 0.5) is 5.69 Å². The normalized spacial score (nSPS) is 36.7. The smallest absolute Gasteiger partial charge is 0.241 e. The van der Waals surface area contributed by atoms with Crippen LogP contribution in [0.3, 0.4) is 0 Å². The average Bonchev–Trinajstić information content (AvgIpc) is 3.12. The van der Waals surface area contributed by atoms with Gasteiger partial charge in [0.1, 0.15) is 5.60 Å². The van der Waals surface area contributed by atoms with Crippen molar-refractivity contribution in [1.29, 1.82) is 0 Å². The summed E-state index contributed by atoms with van der Waals surface area (Å²) in [6.07, 6.45) is 3.07. The molecule has 4 rings (SSSR count). The van der Waals surface area contributed by atoms with Crippen molar-refractivity contribution in [3.8, 4) is 0 Å². The van der Waals surface area contributed by atoms with E-state index in [2.05, 4.69) is 15.9 Å². The number of imide groups is 1. The highest BCUT2D eigenvalue weighted by molar-refractivity contribution is 9.10. The first-order valence-corrected chi connectivity index (χ1v) is 7.48. The van der Waals surface area contributed by atoms with Gasteiger partial charge in [0.05, 0.1) is 30.2 Å². The molecule has 0 unspecified atom stereocenters. The predicted octanol–water partition coefficient (Wildman–Crippen LogP) is 1.25. The van der Waals surface area contributed by atoms with Crippen molar-refractivity contribution < 1.29 is 19.4 Å². The maximum absolute atomic E-state index is 12.7. The molecule has 2 saturated heterocycles. The first kappa shape index (κ1) is 13.2. The number of fused-ring (bicyclic) bond motifs is 5. The van der Waals surface area contributed by atoms with Crippen molar-refractivity contribution in [3.63, 3.8) is 0 Å². The van der Waals surface area contributed by atoms with E-state index in [0.717, 1.165) is 4.47 Å². The first-order valence-electron chi connectivity index (χ1n) is 6.69. The molecule has 3 aliphatic rings. The predicted molar refractivity (Wildman–Crippen MR) is 77.4 cm³/mol. The summed E-state index contributed by atoms with van der Waals surface area (Å²) in [5.41, 5.74) is -0.485. The number of halogens is 1. The van der Waals surface area contributed by atoms with E-state index in [1.165, 1.54) is 4.90 Å². The minimum Gasteiger partial charge on any atom is -0.393 e. The van der Waals surface area contributed by atoms with Crippen LogP contribution < -0.4 is 4.90 Å². The van der Waals surface area contributed by atoms with Gasteiger partial charge in [-0.25, -0.2) is 4.90 Å². The van der Waals surface area contributed by atoms with Gasteiger partial charge in [-0.1, -0.05) is 28.1 Å². The third kappa shape index (κ3) is 1.58. The Morgan fingerprint density at radius 2 is 1.95 bits per heavy atom. The summed E-state index contributed by atoms with van der Waals surface area (Å²) in [6.45, 7) is -0.297. The van der Waals surface area contributed by atoms with Gasteiger partial charge in [-0.05, 0) is 24.3 Å². The zero-order valence-electron chi connectivity index (χ0n) is 10.9. The number of carbonyl (C=O) groups is 2. The number of benzene rings is 1. The summed E-state index contributed by atoms with van der Waals surface area (Å²) in [5.74, 6) is -1.71. The van der Waals surface area contributed by atoms with Crippen molar-refractivity contribution in [3.05, 3.63) is 40.9 Å². The fraction of sp³-hybridized carbons (Fsp3) is 0.333. The molecule has 3 heterocycles. The molecule has 0 aliphatic carbocycles. The Hall–Kier alpha value is -1.50. The van der Waals surface area contributed by atoms with Crippen LogP contribution in [-0.4, -0.2) is 35.2 Å². The number of amides is 2. The fourth-order valence-electron chi connectivity index (χ4n) is 3.53. The van der Waals surface area contributed by atoms with Crippen LogP contribution in [0.1, 0.15) is 0 Å². The van der Waals surface area contributed by atoms with Crippen LogP contribution in [0, 0.1) is 11.8 Å². The Balaban J connectivity index is 1.77. The second kappa shape index (κ2) is 4.25. The standard InChI is InChI=1S/C15H12BrNO4/c16-8-1-3-9(4-2-8)17-13(19)11-10-5-6-15(7-18,21-10)12(11)14(17)20/h1-6,10-12,18H,7H2/t10-,11-,12-,15-/m0/s1. The number of aliphatic hydroxyl groups excluding tert-OH is 1. The average molecular weight is 350 g/mol. The molecule has 108 valence electrons. The van der Waals surface area contributed by atoms with E-state index in [1.54, 1.807) is 36.4 Å². The van der Waals surface area contributed by atoms with Crippen molar-refractivity contribution in [2.45, 2.75) is 11.7 Å². The van der Waals surface area contributed by atoms with Crippen LogP contribution >= 0.6 is 15.9 Å². The lowest BCUT2D eigenvalue weighted by Gasteiger charge is -2.26. The van der Waals surface area contributed by atoms with Crippen LogP contribution in [-0.2, 0) is 14.3 Å². The monoisotopic (exact) mass is 349 g/mol. The number of aliphatic hydroxyl groups is 1. The lowest BCUT2D eigenvalue weighted by molar-refractivity contribution is -0.128. The molecule has 3 aliphatic heterocycles. The summed E-state index contributed by atoms with van der Waals surface area (Å²) in [6, 6.07) is 7.02. The molecule has 0 saturated carbocycles. The molecule has 5 nitrogen and oxygen atoms in total. The molecule has 1 aromatic carbocycles. The van der Waals surface area contributed by atoms with E-state index in [4.69, 9.17) is 4.74 Å². The van der Waals surface area contributed by atoms with E-state index in [1.807, 2.05) is 0 Å². The van der Waals surface area contributed by atoms with Crippen molar-refractivity contribution in [2.75, 3.05) is 11.5 Å². The number of rotatable bonds is 2. The molecule has 2 fully saturated rings. The molecule has 21 heavy (non-hydrogen) atoms. The van der Waals surface area contributed by atoms with Gasteiger partial charge in [-0.3, -0.25) is 9.59 Å². The molecular weight excluding hydrogens is 338 g/mol. The molecule has 1 aromatic rings.